The smallest absolute Gasteiger partial charge is 0.266 e. The van der Waals surface area contributed by atoms with Crippen LogP contribution < -0.4 is 15.9 Å². The molecule has 1 aromatic heterocycles. The Morgan fingerprint density at radius 2 is 1.83 bits per heavy atom. The second kappa shape index (κ2) is 7.15. The lowest BCUT2D eigenvalue weighted by atomic mass is 10.0. The van der Waals surface area contributed by atoms with Gasteiger partial charge in [-0.25, -0.2) is 23.1 Å². The molecule has 2 heterocycles. The Balaban J connectivity index is 1.80. The molecule has 1 aromatic carbocycles. The minimum atomic E-state index is -2.87. The van der Waals surface area contributed by atoms with Crippen LogP contribution in [0.5, 0.6) is 0 Å². The summed E-state index contributed by atoms with van der Waals surface area (Å²) in [6.07, 6.45) is 1.28. The molecule has 0 unspecified atom stereocenters. The summed E-state index contributed by atoms with van der Waals surface area (Å²) >= 11 is 0. The van der Waals surface area contributed by atoms with Gasteiger partial charge in [-0.15, -0.1) is 0 Å². The van der Waals surface area contributed by atoms with E-state index in [0.29, 0.717) is 11.6 Å². The number of benzene rings is 1. The summed E-state index contributed by atoms with van der Waals surface area (Å²) in [6, 6.07) is 3.51. The molecule has 158 valence electrons. The molecule has 2 aliphatic rings. The van der Waals surface area contributed by atoms with Crippen molar-refractivity contribution in [1.29, 1.82) is 0 Å². The zero-order valence-electron chi connectivity index (χ0n) is 17.6. The van der Waals surface area contributed by atoms with Gasteiger partial charge in [-0.05, 0) is 46.1 Å². The van der Waals surface area contributed by atoms with Crippen LogP contribution in [-0.4, -0.2) is 20.4 Å². The van der Waals surface area contributed by atoms with E-state index >= 15 is 0 Å². The fourth-order valence-corrected chi connectivity index (χ4v) is 3.88. The molecule has 1 saturated carbocycles. The van der Waals surface area contributed by atoms with Gasteiger partial charge in [0.05, 0.1) is 22.2 Å². The van der Waals surface area contributed by atoms with E-state index in [9.17, 15) is 13.2 Å². The molecule has 1 aliphatic carbocycles. The number of anilines is 1. The number of aryl methyl sites for hydroxylation is 1. The van der Waals surface area contributed by atoms with E-state index in [1.165, 1.54) is 12.1 Å². The normalized spacial score (nSPS) is 18.2. The van der Waals surface area contributed by atoms with Gasteiger partial charge in [-0.2, -0.15) is 0 Å². The van der Waals surface area contributed by atoms with Crippen LogP contribution >= 0.6 is 0 Å². The summed E-state index contributed by atoms with van der Waals surface area (Å²) in [4.78, 5) is 11.3. The van der Waals surface area contributed by atoms with E-state index in [4.69, 9.17) is 0 Å². The number of nitrogens with zero attached hydrogens (tertiary/aromatic N) is 3. The van der Waals surface area contributed by atoms with Crippen molar-refractivity contribution in [3.05, 3.63) is 63.8 Å². The van der Waals surface area contributed by atoms with Crippen molar-refractivity contribution in [2.45, 2.75) is 58.5 Å². The van der Waals surface area contributed by atoms with Gasteiger partial charge in [0, 0.05) is 23.0 Å². The van der Waals surface area contributed by atoms with E-state index < -0.39 is 23.8 Å². The maximum atomic E-state index is 14.7. The molecule has 0 radical (unpaired) electrons. The second-order valence-corrected chi connectivity index (χ2v) is 8.37. The number of hydrogen-bond acceptors (Lipinski definition) is 4. The van der Waals surface area contributed by atoms with Crippen molar-refractivity contribution < 1.29 is 13.2 Å². The molecule has 30 heavy (non-hydrogen) atoms. The van der Waals surface area contributed by atoms with Gasteiger partial charge in [-0.1, -0.05) is 24.8 Å². The standard InChI is InChI=1S/C23H25F3N4/c1-12-14(3)30(23(5)9-10-23)11-18-20(12)28-15(4)29-22(18)27-13(2)16-7-6-8-17(19(16)24)21(25)26/h6-8,11,13,21H,3,9-10H2,1-2,4-5H3,(H,27,28,29)/t13-/m1/s1. The van der Waals surface area contributed by atoms with E-state index in [-0.39, 0.29) is 11.1 Å². The minimum absolute atomic E-state index is 0.0293. The Morgan fingerprint density at radius 3 is 2.47 bits per heavy atom. The zero-order chi connectivity index (χ0) is 21.8. The Bertz CT molecular complexity index is 1150. The number of fused-ring (bicyclic) bond motifs is 1. The average molecular weight is 414 g/mol. The maximum Gasteiger partial charge on any atom is 0.266 e. The molecule has 0 spiro atoms. The summed E-state index contributed by atoms with van der Waals surface area (Å²) in [5.41, 5.74) is 1.48. The van der Waals surface area contributed by atoms with Crippen molar-refractivity contribution in [1.82, 2.24) is 14.9 Å². The molecule has 1 aliphatic heterocycles. The molecule has 1 fully saturated rings. The second-order valence-electron chi connectivity index (χ2n) is 8.37. The van der Waals surface area contributed by atoms with E-state index in [1.807, 2.05) is 13.1 Å². The molecule has 0 amide bonds. The number of rotatable bonds is 5. The van der Waals surface area contributed by atoms with Gasteiger partial charge >= 0.3 is 0 Å². The van der Waals surface area contributed by atoms with Gasteiger partial charge in [0.1, 0.15) is 17.5 Å². The summed E-state index contributed by atoms with van der Waals surface area (Å²) in [6.45, 7) is 11.9. The first kappa shape index (κ1) is 20.4. The third-order valence-electron chi connectivity index (χ3n) is 6.06. The van der Waals surface area contributed by atoms with Gasteiger partial charge in [0.25, 0.3) is 6.43 Å². The van der Waals surface area contributed by atoms with Gasteiger partial charge in [0.15, 0.2) is 0 Å². The highest BCUT2D eigenvalue weighted by atomic mass is 19.3. The molecular formula is C23H25F3N4. The SMILES string of the molecule is C=C1C(C)=c2nc(C)nc(N[C@H](C)c3cccc(C(F)F)c3F)c2=CN1C1(C)CC1. The zero-order valence-corrected chi connectivity index (χ0v) is 17.6. The predicted molar refractivity (Wildman–Crippen MR) is 112 cm³/mol. The van der Waals surface area contributed by atoms with Crippen molar-refractivity contribution in [2.24, 2.45) is 0 Å². The summed E-state index contributed by atoms with van der Waals surface area (Å²) in [5, 5.41) is 4.81. The third kappa shape index (κ3) is 3.36. The van der Waals surface area contributed by atoms with Crippen LogP contribution in [0.3, 0.4) is 0 Å². The van der Waals surface area contributed by atoms with E-state index in [2.05, 4.69) is 33.7 Å². The van der Waals surface area contributed by atoms with Crippen LogP contribution in [0.2, 0.25) is 0 Å². The first-order chi connectivity index (χ1) is 14.1. The highest BCUT2D eigenvalue weighted by Gasteiger charge is 2.44. The average Bonchev–Trinajstić information content (AvgIpc) is 3.43. The number of alkyl halides is 2. The van der Waals surface area contributed by atoms with Crippen LogP contribution in [0.4, 0.5) is 19.0 Å². The molecule has 4 rings (SSSR count). The summed E-state index contributed by atoms with van der Waals surface area (Å²) < 4.78 is 40.9. The highest BCUT2D eigenvalue weighted by molar-refractivity contribution is 5.67. The predicted octanol–water partition coefficient (Wildman–Crippen LogP) is 4.33. The molecule has 7 heteroatoms. The van der Waals surface area contributed by atoms with Crippen molar-refractivity contribution in [3.8, 4) is 0 Å². The molecule has 0 bridgehead atoms. The molecule has 2 aromatic rings. The lowest BCUT2D eigenvalue weighted by Crippen LogP contribution is -2.44. The van der Waals surface area contributed by atoms with Gasteiger partial charge < -0.3 is 10.2 Å². The summed E-state index contributed by atoms with van der Waals surface area (Å²) in [5.74, 6) is 0.226. The van der Waals surface area contributed by atoms with E-state index in [0.717, 1.165) is 40.7 Å². The largest absolute Gasteiger partial charge is 0.363 e. The number of allylic oxidation sites excluding steroid dienone is 1. The number of nitrogens with one attached hydrogen (secondary N) is 1. The summed E-state index contributed by atoms with van der Waals surface area (Å²) in [7, 11) is 0. The Hall–Kier alpha value is -2.83. The molecule has 0 saturated heterocycles. The van der Waals surface area contributed by atoms with Crippen molar-refractivity contribution >= 4 is 17.6 Å². The fourth-order valence-electron chi connectivity index (χ4n) is 3.88. The number of hydrogen-bond donors (Lipinski definition) is 1. The van der Waals surface area contributed by atoms with Crippen LogP contribution in [-0.2, 0) is 0 Å². The first-order valence-corrected chi connectivity index (χ1v) is 10.0. The lowest BCUT2D eigenvalue weighted by Gasteiger charge is -2.32. The van der Waals surface area contributed by atoms with Crippen LogP contribution in [0.25, 0.3) is 11.8 Å². The fraction of sp³-hybridized carbons (Fsp3) is 0.391. The quantitative estimate of drug-likeness (QED) is 0.791. The Morgan fingerprint density at radius 1 is 1.17 bits per heavy atom. The first-order valence-electron chi connectivity index (χ1n) is 10.0. The molecular weight excluding hydrogens is 389 g/mol. The van der Waals surface area contributed by atoms with Crippen LogP contribution in [0.1, 0.15) is 63.0 Å². The highest BCUT2D eigenvalue weighted by Crippen LogP contribution is 2.44. The third-order valence-corrected chi connectivity index (χ3v) is 6.06. The lowest BCUT2D eigenvalue weighted by molar-refractivity contribution is 0.146. The number of halogens is 3. The maximum absolute atomic E-state index is 14.7. The topological polar surface area (TPSA) is 41.1 Å². The van der Waals surface area contributed by atoms with Crippen molar-refractivity contribution in [3.63, 3.8) is 0 Å². The molecule has 4 nitrogen and oxygen atoms in total. The number of aromatic nitrogens is 2. The van der Waals surface area contributed by atoms with Gasteiger partial charge in [-0.3, -0.25) is 0 Å². The molecule has 1 atom stereocenters. The van der Waals surface area contributed by atoms with E-state index in [1.54, 1.807) is 13.8 Å². The van der Waals surface area contributed by atoms with Gasteiger partial charge in [0.2, 0.25) is 0 Å². The minimum Gasteiger partial charge on any atom is -0.363 e. The Kier molecular flexibility index (Phi) is 4.87. The van der Waals surface area contributed by atoms with Crippen LogP contribution in [0.15, 0.2) is 30.5 Å². The van der Waals surface area contributed by atoms with Crippen molar-refractivity contribution in [2.75, 3.05) is 5.32 Å². The monoisotopic (exact) mass is 414 g/mol. The Labute approximate surface area is 173 Å². The van der Waals surface area contributed by atoms with Crippen LogP contribution in [0, 0.1) is 12.7 Å². The molecule has 1 N–H and O–H groups in total.